The second-order valence-corrected chi connectivity index (χ2v) is 3.78. The van der Waals surface area contributed by atoms with Crippen LogP contribution in [-0.4, -0.2) is 10.8 Å². The van der Waals surface area contributed by atoms with E-state index in [4.69, 9.17) is 5.73 Å². The quantitative estimate of drug-likeness (QED) is 0.679. The number of aromatic nitrogens is 1. The van der Waals surface area contributed by atoms with Crippen LogP contribution in [0.25, 0.3) is 0 Å². The van der Waals surface area contributed by atoms with Gasteiger partial charge in [0.1, 0.15) is 5.84 Å². The van der Waals surface area contributed by atoms with E-state index in [9.17, 15) is 0 Å². The molecule has 2 N–H and O–H groups in total. The van der Waals surface area contributed by atoms with Crippen LogP contribution in [0.3, 0.4) is 0 Å². The zero-order valence-electron chi connectivity index (χ0n) is 9.99. The third-order valence-electron chi connectivity index (χ3n) is 2.42. The van der Waals surface area contributed by atoms with Crippen molar-refractivity contribution in [3.05, 3.63) is 60.3 Å². The van der Waals surface area contributed by atoms with Crippen molar-refractivity contribution in [3.63, 3.8) is 0 Å². The van der Waals surface area contributed by atoms with Crippen LogP contribution in [0.1, 0.15) is 12.0 Å². The fraction of sp³-hybridized carbons (Fsp3) is 0.143. The predicted octanol–water partition coefficient (Wildman–Crippen LogP) is 3.12. The first-order valence-corrected chi connectivity index (χ1v) is 5.62. The molecule has 0 radical (unpaired) electrons. The van der Waals surface area contributed by atoms with Crippen LogP contribution in [0, 0.1) is 0 Å². The summed E-state index contributed by atoms with van der Waals surface area (Å²) in [5.41, 5.74) is 7.13. The number of amidine groups is 1. The molecule has 0 aliphatic carbocycles. The molecule has 0 saturated heterocycles. The highest BCUT2D eigenvalue weighted by atomic mass is 35.5. The largest absolute Gasteiger partial charge is 0.387 e. The van der Waals surface area contributed by atoms with Gasteiger partial charge in [0.05, 0.1) is 0 Å². The summed E-state index contributed by atoms with van der Waals surface area (Å²) in [7, 11) is 0. The predicted molar refractivity (Wildman–Crippen MR) is 77.5 cm³/mol. The first-order valence-electron chi connectivity index (χ1n) is 5.62. The van der Waals surface area contributed by atoms with Crippen LogP contribution in [0.15, 0.2) is 59.7 Å². The average Bonchev–Trinajstić information content (AvgIpc) is 2.39. The zero-order chi connectivity index (χ0) is 11.9. The number of pyridine rings is 1. The van der Waals surface area contributed by atoms with E-state index in [1.807, 2.05) is 36.4 Å². The Bertz CT molecular complexity index is 483. The van der Waals surface area contributed by atoms with E-state index in [1.165, 1.54) is 5.56 Å². The summed E-state index contributed by atoms with van der Waals surface area (Å²) in [5, 5.41) is 0. The molecule has 0 fully saturated rings. The molecule has 1 heterocycles. The van der Waals surface area contributed by atoms with Crippen molar-refractivity contribution in [1.82, 2.24) is 4.98 Å². The molecule has 0 aliphatic heterocycles. The topological polar surface area (TPSA) is 51.3 Å². The standard InChI is InChI=1S/C14H15N3.ClH/c15-13(17-14-8-4-5-11-16-14)10-9-12-6-2-1-3-7-12;/h1-8,11H,9-10H2,(H2,15,16,17);1H. The van der Waals surface area contributed by atoms with Gasteiger partial charge in [-0.3, -0.25) is 0 Å². The van der Waals surface area contributed by atoms with E-state index in [-0.39, 0.29) is 12.4 Å². The molecule has 2 rings (SSSR count). The fourth-order valence-electron chi connectivity index (χ4n) is 1.54. The van der Waals surface area contributed by atoms with E-state index in [1.54, 1.807) is 6.20 Å². The van der Waals surface area contributed by atoms with Gasteiger partial charge in [0, 0.05) is 12.6 Å². The Hall–Kier alpha value is -1.87. The highest BCUT2D eigenvalue weighted by molar-refractivity contribution is 5.85. The van der Waals surface area contributed by atoms with Crippen molar-refractivity contribution in [2.24, 2.45) is 10.7 Å². The highest BCUT2D eigenvalue weighted by Crippen LogP contribution is 2.07. The number of nitrogens with two attached hydrogens (primary N) is 1. The summed E-state index contributed by atoms with van der Waals surface area (Å²) < 4.78 is 0. The van der Waals surface area contributed by atoms with Crippen molar-refractivity contribution in [2.75, 3.05) is 0 Å². The summed E-state index contributed by atoms with van der Waals surface area (Å²) in [6.45, 7) is 0. The maximum atomic E-state index is 5.86. The van der Waals surface area contributed by atoms with E-state index in [0.29, 0.717) is 11.7 Å². The average molecular weight is 262 g/mol. The van der Waals surface area contributed by atoms with Crippen molar-refractivity contribution in [3.8, 4) is 0 Å². The van der Waals surface area contributed by atoms with Crippen molar-refractivity contribution >= 4 is 24.1 Å². The molecule has 0 bridgehead atoms. The number of aliphatic imine (C=N–C) groups is 1. The molecule has 0 amide bonds. The lowest BCUT2D eigenvalue weighted by molar-refractivity contribution is 1.02. The molecule has 0 aliphatic rings. The number of rotatable bonds is 4. The van der Waals surface area contributed by atoms with Crippen LogP contribution < -0.4 is 5.73 Å². The Morgan fingerprint density at radius 1 is 1.06 bits per heavy atom. The smallest absolute Gasteiger partial charge is 0.153 e. The van der Waals surface area contributed by atoms with Gasteiger partial charge in [0.15, 0.2) is 5.82 Å². The minimum Gasteiger partial charge on any atom is -0.387 e. The molecule has 0 atom stereocenters. The van der Waals surface area contributed by atoms with Crippen LogP contribution >= 0.6 is 12.4 Å². The Balaban J connectivity index is 0.00000162. The Morgan fingerprint density at radius 3 is 2.44 bits per heavy atom. The summed E-state index contributed by atoms with van der Waals surface area (Å²) in [5.74, 6) is 1.28. The molecular weight excluding hydrogens is 246 g/mol. The van der Waals surface area contributed by atoms with E-state index in [0.717, 1.165) is 12.8 Å². The number of nitrogens with zero attached hydrogens (tertiary/aromatic N) is 2. The van der Waals surface area contributed by atoms with Gasteiger partial charge >= 0.3 is 0 Å². The van der Waals surface area contributed by atoms with Gasteiger partial charge in [-0.25, -0.2) is 9.98 Å². The third kappa shape index (κ3) is 4.55. The number of halogens is 1. The first kappa shape index (κ1) is 14.2. The second kappa shape index (κ2) is 7.45. The fourth-order valence-corrected chi connectivity index (χ4v) is 1.54. The van der Waals surface area contributed by atoms with Crippen LogP contribution in [0.4, 0.5) is 5.82 Å². The molecule has 0 spiro atoms. The summed E-state index contributed by atoms with van der Waals surface area (Å²) in [6.07, 6.45) is 3.37. The van der Waals surface area contributed by atoms with Gasteiger partial charge < -0.3 is 5.73 Å². The highest BCUT2D eigenvalue weighted by Gasteiger charge is 1.96. The minimum absolute atomic E-state index is 0. The third-order valence-corrected chi connectivity index (χ3v) is 2.42. The molecular formula is C14H16ClN3. The molecule has 94 valence electrons. The second-order valence-electron chi connectivity index (χ2n) is 3.78. The van der Waals surface area contributed by atoms with Crippen LogP contribution in [0.5, 0.6) is 0 Å². The molecule has 0 unspecified atom stereocenters. The van der Waals surface area contributed by atoms with Crippen molar-refractivity contribution in [2.45, 2.75) is 12.8 Å². The summed E-state index contributed by atoms with van der Waals surface area (Å²) in [4.78, 5) is 8.36. The van der Waals surface area contributed by atoms with Gasteiger partial charge in [-0.1, -0.05) is 36.4 Å². The van der Waals surface area contributed by atoms with E-state index < -0.39 is 0 Å². The first-order chi connectivity index (χ1) is 8.34. The lowest BCUT2D eigenvalue weighted by Gasteiger charge is -2.01. The lowest BCUT2D eigenvalue weighted by Crippen LogP contribution is -2.12. The Kier molecular flexibility index (Phi) is 5.88. The Morgan fingerprint density at radius 2 is 1.78 bits per heavy atom. The summed E-state index contributed by atoms with van der Waals surface area (Å²) >= 11 is 0. The molecule has 1 aromatic heterocycles. The number of hydrogen-bond donors (Lipinski definition) is 1. The van der Waals surface area contributed by atoms with Crippen LogP contribution in [-0.2, 0) is 6.42 Å². The maximum Gasteiger partial charge on any atom is 0.153 e. The maximum absolute atomic E-state index is 5.86. The number of hydrogen-bond acceptors (Lipinski definition) is 2. The van der Waals surface area contributed by atoms with Gasteiger partial charge in [-0.2, -0.15) is 0 Å². The molecule has 1 aromatic carbocycles. The lowest BCUT2D eigenvalue weighted by atomic mass is 10.1. The van der Waals surface area contributed by atoms with Gasteiger partial charge in [-0.05, 0) is 24.1 Å². The summed E-state index contributed by atoms with van der Waals surface area (Å²) in [6, 6.07) is 15.9. The van der Waals surface area contributed by atoms with E-state index >= 15 is 0 Å². The Labute approximate surface area is 113 Å². The van der Waals surface area contributed by atoms with E-state index in [2.05, 4.69) is 22.1 Å². The number of aryl methyl sites for hydroxylation is 1. The van der Waals surface area contributed by atoms with Crippen molar-refractivity contribution < 1.29 is 0 Å². The van der Waals surface area contributed by atoms with Gasteiger partial charge in [0.25, 0.3) is 0 Å². The molecule has 3 nitrogen and oxygen atoms in total. The minimum atomic E-state index is 0. The zero-order valence-corrected chi connectivity index (χ0v) is 10.8. The molecule has 4 heteroatoms. The monoisotopic (exact) mass is 261 g/mol. The van der Waals surface area contributed by atoms with Gasteiger partial charge in [-0.15, -0.1) is 12.4 Å². The SMILES string of the molecule is Cl.N/C(CCc1ccccc1)=N\c1ccccn1. The normalized spacial score (nSPS) is 10.8. The van der Waals surface area contributed by atoms with Gasteiger partial charge in [0.2, 0.25) is 0 Å². The van der Waals surface area contributed by atoms with Crippen molar-refractivity contribution in [1.29, 1.82) is 0 Å². The number of benzene rings is 1. The molecule has 0 saturated carbocycles. The van der Waals surface area contributed by atoms with Crippen LogP contribution in [0.2, 0.25) is 0 Å². The molecule has 18 heavy (non-hydrogen) atoms. The molecule has 2 aromatic rings.